The minimum absolute atomic E-state index is 0.0169. The third kappa shape index (κ3) is 3.68. The molecular weight excluding hydrogens is 244 g/mol. The van der Waals surface area contributed by atoms with E-state index in [-0.39, 0.29) is 6.03 Å². The lowest BCUT2D eigenvalue weighted by Gasteiger charge is -2.27. The van der Waals surface area contributed by atoms with E-state index in [0.717, 1.165) is 24.2 Å². The molecule has 1 heterocycles. The summed E-state index contributed by atoms with van der Waals surface area (Å²) in [7, 11) is 0. The molecule has 19 heavy (non-hydrogen) atoms. The van der Waals surface area contributed by atoms with Crippen molar-refractivity contribution in [2.75, 3.05) is 6.54 Å². The summed E-state index contributed by atoms with van der Waals surface area (Å²) in [6, 6.07) is 0.309. The Hall–Kier alpha value is -1.59. The molecule has 1 N–H and O–H groups in total. The molecule has 6 nitrogen and oxygen atoms in total. The minimum atomic E-state index is -0.0169. The number of aryl methyl sites for hydroxylation is 1. The van der Waals surface area contributed by atoms with Gasteiger partial charge in [-0.15, -0.1) is 0 Å². The van der Waals surface area contributed by atoms with Crippen LogP contribution in [0, 0.1) is 6.92 Å². The number of nitrogens with one attached hydrogen (secondary N) is 1. The lowest BCUT2D eigenvalue weighted by molar-refractivity contribution is 0.188. The average Bonchev–Trinajstić information content (AvgIpc) is 2.82. The molecule has 2 amide bonds. The van der Waals surface area contributed by atoms with Crippen LogP contribution < -0.4 is 5.32 Å². The molecule has 1 aliphatic carbocycles. The van der Waals surface area contributed by atoms with Gasteiger partial charge in [-0.2, -0.15) is 0 Å². The van der Waals surface area contributed by atoms with Gasteiger partial charge in [0.15, 0.2) is 0 Å². The van der Waals surface area contributed by atoms with Crippen LogP contribution in [-0.4, -0.2) is 33.8 Å². The Bertz CT molecular complexity index is 413. The lowest BCUT2D eigenvalue weighted by Crippen LogP contribution is -2.45. The summed E-state index contributed by atoms with van der Waals surface area (Å²) in [6.07, 6.45) is 5.89. The maximum absolute atomic E-state index is 12.2. The van der Waals surface area contributed by atoms with E-state index in [1.165, 1.54) is 19.3 Å². The maximum atomic E-state index is 12.2. The molecule has 1 aliphatic rings. The summed E-state index contributed by atoms with van der Waals surface area (Å²) in [5, 5.41) is 10.7. The van der Waals surface area contributed by atoms with E-state index in [4.69, 9.17) is 0 Å². The first-order valence-electron chi connectivity index (χ1n) is 7.04. The topological polar surface area (TPSA) is 71.3 Å². The SMILES string of the molecule is CCN(Cc1nonc1C)C(=O)NC1CCCCC1. The molecular formula is C13H22N4O2. The van der Waals surface area contributed by atoms with Crippen LogP contribution in [0.5, 0.6) is 0 Å². The average molecular weight is 266 g/mol. The van der Waals surface area contributed by atoms with Gasteiger partial charge < -0.3 is 10.2 Å². The smallest absolute Gasteiger partial charge is 0.317 e. The number of hydrogen-bond donors (Lipinski definition) is 1. The molecule has 0 atom stereocenters. The summed E-state index contributed by atoms with van der Waals surface area (Å²) in [5.41, 5.74) is 1.46. The highest BCUT2D eigenvalue weighted by atomic mass is 16.6. The quantitative estimate of drug-likeness (QED) is 0.907. The fourth-order valence-corrected chi connectivity index (χ4v) is 2.41. The van der Waals surface area contributed by atoms with Crippen molar-refractivity contribution in [2.45, 2.75) is 58.5 Å². The second-order valence-electron chi connectivity index (χ2n) is 5.09. The van der Waals surface area contributed by atoms with Crippen molar-refractivity contribution in [1.29, 1.82) is 0 Å². The molecule has 6 heteroatoms. The third-order valence-electron chi connectivity index (χ3n) is 3.69. The van der Waals surface area contributed by atoms with Crippen LogP contribution in [0.4, 0.5) is 4.79 Å². The Kier molecular flexibility index (Phi) is 4.76. The van der Waals surface area contributed by atoms with Crippen molar-refractivity contribution in [1.82, 2.24) is 20.5 Å². The lowest BCUT2D eigenvalue weighted by atomic mass is 9.96. The summed E-state index contributed by atoms with van der Waals surface area (Å²) in [5.74, 6) is 0. The predicted molar refractivity (Wildman–Crippen MR) is 70.5 cm³/mol. The van der Waals surface area contributed by atoms with Gasteiger partial charge in [0.05, 0.1) is 6.54 Å². The first kappa shape index (κ1) is 13.8. The van der Waals surface area contributed by atoms with Gasteiger partial charge >= 0.3 is 6.03 Å². The predicted octanol–water partition coefficient (Wildman–Crippen LogP) is 2.24. The second kappa shape index (κ2) is 6.54. The highest BCUT2D eigenvalue weighted by Gasteiger charge is 2.20. The Morgan fingerprint density at radius 2 is 2.11 bits per heavy atom. The molecule has 0 unspecified atom stereocenters. The number of carbonyl (C=O) groups excluding carboxylic acids is 1. The standard InChI is InChI=1S/C13H22N4O2/c1-3-17(9-12-10(2)15-19-16-12)13(18)14-11-7-5-4-6-8-11/h11H,3-9H2,1-2H3,(H,14,18). The van der Waals surface area contributed by atoms with Crippen LogP contribution in [-0.2, 0) is 6.54 Å². The van der Waals surface area contributed by atoms with Gasteiger partial charge in [0, 0.05) is 12.6 Å². The van der Waals surface area contributed by atoms with Crippen LogP contribution in [0.25, 0.3) is 0 Å². The van der Waals surface area contributed by atoms with E-state index in [9.17, 15) is 4.79 Å². The first-order valence-corrected chi connectivity index (χ1v) is 7.04. The molecule has 1 saturated carbocycles. The van der Waals surface area contributed by atoms with Crippen molar-refractivity contribution in [2.24, 2.45) is 0 Å². The summed E-state index contributed by atoms with van der Waals surface area (Å²) >= 11 is 0. The fraction of sp³-hybridized carbons (Fsp3) is 0.769. The zero-order valence-electron chi connectivity index (χ0n) is 11.7. The highest BCUT2D eigenvalue weighted by Crippen LogP contribution is 2.17. The van der Waals surface area contributed by atoms with Gasteiger partial charge in [-0.3, -0.25) is 0 Å². The molecule has 1 aromatic heterocycles. The molecule has 1 fully saturated rings. The number of rotatable bonds is 4. The molecule has 0 spiro atoms. The molecule has 106 valence electrons. The van der Waals surface area contributed by atoms with E-state index < -0.39 is 0 Å². The van der Waals surface area contributed by atoms with Crippen molar-refractivity contribution in [3.05, 3.63) is 11.4 Å². The number of amides is 2. The van der Waals surface area contributed by atoms with Crippen molar-refractivity contribution in [3.8, 4) is 0 Å². The van der Waals surface area contributed by atoms with Crippen LogP contribution in [0.2, 0.25) is 0 Å². The normalized spacial score (nSPS) is 16.3. The molecule has 0 saturated heterocycles. The van der Waals surface area contributed by atoms with Gasteiger partial charge in [0.25, 0.3) is 0 Å². The summed E-state index contributed by atoms with van der Waals surface area (Å²) in [6.45, 7) is 4.89. The molecule has 0 aromatic carbocycles. The van der Waals surface area contributed by atoms with Gasteiger partial charge in [0.1, 0.15) is 11.4 Å². The van der Waals surface area contributed by atoms with Gasteiger partial charge in [-0.25, -0.2) is 9.42 Å². The van der Waals surface area contributed by atoms with Gasteiger partial charge in [0.2, 0.25) is 0 Å². The highest BCUT2D eigenvalue weighted by molar-refractivity contribution is 5.74. The van der Waals surface area contributed by atoms with Crippen molar-refractivity contribution < 1.29 is 9.42 Å². The number of carbonyl (C=O) groups is 1. The van der Waals surface area contributed by atoms with Gasteiger partial charge in [-0.1, -0.05) is 29.6 Å². The summed E-state index contributed by atoms with van der Waals surface area (Å²) < 4.78 is 4.66. The number of nitrogens with zero attached hydrogens (tertiary/aromatic N) is 3. The van der Waals surface area contributed by atoms with Crippen molar-refractivity contribution >= 4 is 6.03 Å². The van der Waals surface area contributed by atoms with Crippen molar-refractivity contribution in [3.63, 3.8) is 0 Å². The zero-order valence-corrected chi connectivity index (χ0v) is 11.7. The number of urea groups is 1. The van der Waals surface area contributed by atoms with Crippen LogP contribution in [0.3, 0.4) is 0 Å². The second-order valence-corrected chi connectivity index (χ2v) is 5.09. The Morgan fingerprint density at radius 3 is 2.68 bits per heavy atom. The van der Waals surface area contributed by atoms with E-state index in [0.29, 0.717) is 19.1 Å². The van der Waals surface area contributed by atoms with E-state index in [2.05, 4.69) is 20.3 Å². The first-order chi connectivity index (χ1) is 9.20. The van der Waals surface area contributed by atoms with Crippen LogP contribution in [0.15, 0.2) is 4.63 Å². The third-order valence-corrected chi connectivity index (χ3v) is 3.69. The Balaban J connectivity index is 1.89. The maximum Gasteiger partial charge on any atom is 0.317 e. The fourth-order valence-electron chi connectivity index (χ4n) is 2.41. The molecule has 1 aromatic rings. The molecule has 0 aliphatic heterocycles. The van der Waals surface area contributed by atoms with E-state index >= 15 is 0 Å². The Morgan fingerprint density at radius 1 is 1.37 bits per heavy atom. The monoisotopic (exact) mass is 266 g/mol. The Labute approximate surface area is 113 Å². The summed E-state index contributed by atoms with van der Waals surface area (Å²) in [4.78, 5) is 14.0. The minimum Gasteiger partial charge on any atom is -0.335 e. The zero-order chi connectivity index (χ0) is 13.7. The molecule has 0 bridgehead atoms. The van der Waals surface area contributed by atoms with Gasteiger partial charge in [-0.05, 0) is 26.7 Å². The molecule has 2 rings (SSSR count). The number of hydrogen-bond acceptors (Lipinski definition) is 4. The van der Waals surface area contributed by atoms with E-state index in [1.807, 2.05) is 13.8 Å². The largest absolute Gasteiger partial charge is 0.335 e. The number of aromatic nitrogens is 2. The van der Waals surface area contributed by atoms with Crippen LogP contribution in [0.1, 0.15) is 50.4 Å². The van der Waals surface area contributed by atoms with E-state index in [1.54, 1.807) is 4.90 Å². The molecule has 0 radical (unpaired) electrons. The van der Waals surface area contributed by atoms with Crippen LogP contribution >= 0.6 is 0 Å².